The first-order chi connectivity index (χ1) is 18.3. The molecule has 0 unspecified atom stereocenters. The van der Waals surface area contributed by atoms with E-state index < -0.39 is 0 Å². The summed E-state index contributed by atoms with van der Waals surface area (Å²) in [5, 5.41) is 36.1. The Labute approximate surface area is 226 Å². The first-order valence-electron chi connectivity index (χ1n) is 13.7. The lowest BCUT2D eigenvalue weighted by atomic mass is 10.0. The molecule has 2 aromatic heterocycles. The Bertz CT molecular complexity index is 1110. The molecular formula is C30H45N3O5. The van der Waals surface area contributed by atoms with Crippen molar-refractivity contribution in [3.8, 4) is 11.5 Å². The highest BCUT2D eigenvalue weighted by molar-refractivity contribution is 5.42. The van der Waals surface area contributed by atoms with Crippen LogP contribution in [0.5, 0.6) is 11.5 Å². The SMILES string of the molecule is CCCCc1oc(CCc2ccc(O)c(OC[C@H](NC)c3cc([C@H](C)CNC[C@H](C)O)c[nH]3)c2)cc1CO. The minimum absolute atomic E-state index is 0.00647. The van der Waals surface area contributed by atoms with Gasteiger partial charge in [-0.05, 0) is 68.1 Å². The fraction of sp³-hybridized carbons (Fsp3) is 0.533. The fourth-order valence-corrected chi connectivity index (χ4v) is 4.47. The molecule has 0 aliphatic heterocycles. The molecule has 0 bridgehead atoms. The van der Waals surface area contributed by atoms with E-state index in [1.54, 1.807) is 13.0 Å². The number of aliphatic hydroxyl groups excluding tert-OH is 2. The van der Waals surface area contributed by atoms with E-state index in [0.717, 1.165) is 60.6 Å². The molecule has 8 nitrogen and oxygen atoms in total. The number of phenolic OH excluding ortho intramolecular Hbond substituents is 1. The van der Waals surface area contributed by atoms with Gasteiger partial charge in [0, 0.05) is 43.4 Å². The minimum atomic E-state index is -0.364. The fourth-order valence-electron chi connectivity index (χ4n) is 4.47. The zero-order valence-electron chi connectivity index (χ0n) is 23.2. The number of aromatic nitrogens is 1. The van der Waals surface area contributed by atoms with Crippen LogP contribution < -0.4 is 15.4 Å². The Morgan fingerprint density at radius 3 is 2.61 bits per heavy atom. The third-order valence-corrected chi connectivity index (χ3v) is 6.88. The van der Waals surface area contributed by atoms with Crippen molar-refractivity contribution in [1.29, 1.82) is 0 Å². The number of furan rings is 1. The number of benzene rings is 1. The highest BCUT2D eigenvalue weighted by Gasteiger charge is 2.17. The van der Waals surface area contributed by atoms with Gasteiger partial charge in [-0.3, -0.25) is 0 Å². The number of phenols is 1. The average Bonchev–Trinajstić information content (AvgIpc) is 3.55. The average molecular weight is 528 g/mol. The second-order valence-electron chi connectivity index (χ2n) is 10.2. The molecule has 6 N–H and O–H groups in total. The van der Waals surface area contributed by atoms with Gasteiger partial charge in [0.25, 0.3) is 0 Å². The normalized spacial score (nSPS) is 13.9. The Balaban J connectivity index is 1.58. The number of H-pyrrole nitrogens is 1. The van der Waals surface area contributed by atoms with Crippen molar-refractivity contribution in [2.24, 2.45) is 0 Å². The molecule has 0 aliphatic carbocycles. The molecule has 0 aliphatic rings. The van der Waals surface area contributed by atoms with Crippen molar-refractivity contribution in [1.82, 2.24) is 15.6 Å². The van der Waals surface area contributed by atoms with E-state index >= 15 is 0 Å². The zero-order chi connectivity index (χ0) is 27.5. The van der Waals surface area contributed by atoms with Crippen molar-refractivity contribution in [2.45, 2.75) is 77.5 Å². The molecule has 3 atom stereocenters. The second-order valence-corrected chi connectivity index (χ2v) is 10.2. The lowest BCUT2D eigenvalue weighted by Crippen LogP contribution is -2.27. The summed E-state index contributed by atoms with van der Waals surface area (Å²) in [5.74, 6) is 2.60. The van der Waals surface area contributed by atoms with Crippen LogP contribution in [0.1, 0.15) is 79.5 Å². The van der Waals surface area contributed by atoms with Crippen LogP contribution >= 0.6 is 0 Å². The summed E-state index contributed by atoms with van der Waals surface area (Å²) in [7, 11) is 1.89. The van der Waals surface area contributed by atoms with Crippen LogP contribution in [0, 0.1) is 0 Å². The first-order valence-corrected chi connectivity index (χ1v) is 13.7. The van der Waals surface area contributed by atoms with Crippen LogP contribution in [0.3, 0.4) is 0 Å². The number of aromatic amines is 1. The molecule has 1 aromatic carbocycles. The molecule has 0 spiro atoms. The monoisotopic (exact) mass is 527 g/mol. The topological polar surface area (TPSA) is 123 Å². The number of aliphatic hydroxyl groups is 2. The van der Waals surface area contributed by atoms with Gasteiger partial charge in [-0.15, -0.1) is 0 Å². The number of unbranched alkanes of at least 4 members (excludes halogenated alkanes) is 1. The third-order valence-electron chi connectivity index (χ3n) is 6.88. The van der Waals surface area contributed by atoms with Crippen molar-refractivity contribution in [3.05, 3.63) is 70.4 Å². The summed E-state index contributed by atoms with van der Waals surface area (Å²) >= 11 is 0. The van der Waals surface area contributed by atoms with Crippen LogP contribution in [-0.2, 0) is 25.9 Å². The standard InChI is InChI=1S/C30H45N3O5/c1-5-6-7-29-24(18-34)13-25(38-29)10-8-22-9-11-28(36)30(12-22)37-19-27(31-4)26-14-23(17-33-26)20(2)15-32-16-21(3)35/h9,11-14,17,20-21,27,31-36H,5-8,10,15-16,18-19H2,1-4H3/t20-,21+,27+/m1/s1. The highest BCUT2D eigenvalue weighted by atomic mass is 16.5. The van der Waals surface area contributed by atoms with Crippen LogP contribution in [-0.4, -0.2) is 53.2 Å². The summed E-state index contributed by atoms with van der Waals surface area (Å²) in [4.78, 5) is 3.35. The Kier molecular flexibility index (Phi) is 11.7. The summed E-state index contributed by atoms with van der Waals surface area (Å²) < 4.78 is 12.1. The molecule has 3 rings (SSSR count). The van der Waals surface area contributed by atoms with E-state index in [9.17, 15) is 15.3 Å². The van der Waals surface area contributed by atoms with Gasteiger partial charge in [0.05, 0.1) is 18.8 Å². The molecule has 0 amide bonds. The maximum Gasteiger partial charge on any atom is 0.161 e. The maximum atomic E-state index is 10.4. The van der Waals surface area contributed by atoms with Crippen LogP contribution in [0.2, 0.25) is 0 Å². The summed E-state index contributed by atoms with van der Waals surface area (Å²) in [5.41, 5.74) is 4.11. The minimum Gasteiger partial charge on any atom is -0.504 e. The quantitative estimate of drug-likeness (QED) is 0.154. The third kappa shape index (κ3) is 8.63. The van der Waals surface area contributed by atoms with E-state index in [2.05, 4.69) is 35.5 Å². The molecule has 0 saturated heterocycles. The van der Waals surface area contributed by atoms with E-state index in [4.69, 9.17) is 9.15 Å². The van der Waals surface area contributed by atoms with E-state index in [0.29, 0.717) is 31.2 Å². The van der Waals surface area contributed by atoms with E-state index in [1.165, 1.54) is 5.56 Å². The smallest absolute Gasteiger partial charge is 0.161 e. The number of hydrogen-bond acceptors (Lipinski definition) is 7. The van der Waals surface area contributed by atoms with Gasteiger partial charge in [0.15, 0.2) is 11.5 Å². The van der Waals surface area contributed by atoms with Gasteiger partial charge in [-0.1, -0.05) is 26.3 Å². The van der Waals surface area contributed by atoms with Gasteiger partial charge in [0.1, 0.15) is 18.1 Å². The second kappa shape index (κ2) is 15.0. The van der Waals surface area contributed by atoms with Crippen molar-refractivity contribution < 1.29 is 24.5 Å². The van der Waals surface area contributed by atoms with Crippen molar-refractivity contribution in [2.75, 3.05) is 26.7 Å². The van der Waals surface area contributed by atoms with Crippen molar-refractivity contribution in [3.63, 3.8) is 0 Å². The molecule has 2 heterocycles. The molecule has 210 valence electrons. The first kappa shape index (κ1) is 29.8. The van der Waals surface area contributed by atoms with Gasteiger partial charge in [-0.2, -0.15) is 0 Å². The maximum absolute atomic E-state index is 10.4. The van der Waals surface area contributed by atoms with E-state index in [1.807, 2.05) is 31.4 Å². The number of nitrogens with one attached hydrogen (secondary N) is 3. The number of hydrogen-bond donors (Lipinski definition) is 6. The molecule has 8 heteroatoms. The molecule has 3 aromatic rings. The summed E-state index contributed by atoms with van der Waals surface area (Å²) in [6.07, 6.45) is 6.05. The van der Waals surface area contributed by atoms with Gasteiger partial charge >= 0.3 is 0 Å². The van der Waals surface area contributed by atoms with Crippen LogP contribution in [0.25, 0.3) is 0 Å². The van der Waals surface area contributed by atoms with E-state index in [-0.39, 0.29) is 24.5 Å². The predicted molar refractivity (Wildman–Crippen MR) is 150 cm³/mol. The molecular weight excluding hydrogens is 482 g/mol. The highest BCUT2D eigenvalue weighted by Crippen LogP contribution is 2.29. The van der Waals surface area contributed by atoms with Gasteiger partial charge < -0.3 is 40.1 Å². The van der Waals surface area contributed by atoms with Crippen LogP contribution in [0.4, 0.5) is 0 Å². The molecule has 38 heavy (non-hydrogen) atoms. The summed E-state index contributed by atoms with van der Waals surface area (Å²) in [6.45, 7) is 7.76. The molecule has 0 saturated carbocycles. The van der Waals surface area contributed by atoms with Gasteiger partial charge in [0.2, 0.25) is 0 Å². The van der Waals surface area contributed by atoms with Gasteiger partial charge in [-0.25, -0.2) is 0 Å². The predicted octanol–water partition coefficient (Wildman–Crippen LogP) is 4.35. The Morgan fingerprint density at radius 1 is 1.08 bits per heavy atom. The lowest BCUT2D eigenvalue weighted by molar-refractivity contribution is 0.191. The van der Waals surface area contributed by atoms with Crippen LogP contribution in [0.15, 0.2) is 40.9 Å². The Morgan fingerprint density at radius 2 is 1.89 bits per heavy atom. The molecule has 0 radical (unpaired) electrons. The lowest BCUT2D eigenvalue weighted by Gasteiger charge is -2.17. The number of aromatic hydroxyl groups is 1. The Hall–Kier alpha value is -2.78. The summed E-state index contributed by atoms with van der Waals surface area (Å²) in [6, 6.07) is 9.46. The largest absolute Gasteiger partial charge is 0.504 e. The van der Waals surface area contributed by atoms with Crippen molar-refractivity contribution >= 4 is 0 Å². The zero-order valence-corrected chi connectivity index (χ0v) is 23.2. The molecule has 0 fully saturated rings. The number of ether oxygens (including phenoxy) is 1. The number of rotatable bonds is 17. The number of likely N-dealkylation sites (N-methyl/N-ethyl adjacent to an activating group) is 1. The number of aryl methyl sites for hydroxylation is 3.